The maximum absolute atomic E-state index is 12.1. The summed E-state index contributed by atoms with van der Waals surface area (Å²) >= 11 is 1.43. The molecule has 0 aliphatic rings. The SMILES string of the molecule is Cc1ccc(NC(=O)CSCc2nc(N)nc(N(C)C)n2)c(C)c1. The second kappa shape index (κ2) is 7.96. The van der Waals surface area contributed by atoms with Crippen LogP contribution in [0, 0.1) is 13.8 Å². The van der Waals surface area contributed by atoms with E-state index in [4.69, 9.17) is 5.73 Å². The smallest absolute Gasteiger partial charge is 0.234 e. The van der Waals surface area contributed by atoms with E-state index >= 15 is 0 Å². The molecule has 0 atom stereocenters. The maximum atomic E-state index is 12.1. The molecule has 0 spiro atoms. The van der Waals surface area contributed by atoms with Crippen molar-refractivity contribution in [3.8, 4) is 0 Å². The molecule has 3 N–H and O–H groups in total. The largest absolute Gasteiger partial charge is 0.368 e. The van der Waals surface area contributed by atoms with Crippen LogP contribution in [0.5, 0.6) is 0 Å². The molecule has 24 heavy (non-hydrogen) atoms. The summed E-state index contributed by atoms with van der Waals surface area (Å²) in [5.41, 5.74) is 8.74. The van der Waals surface area contributed by atoms with Crippen molar-refractivity contribution < 1.29 is 4.79 Å². The van der Waals surface area contributed by atoms with Gasteiger partial charge in [-0.1, -0.05) is 17.7 Å². The molecule has 0 aliphatic carbocycles. The van der Waals surface area contributed by atoms with E-state index in [1.807, 2.05) is 46.1 Å². The zero-order valence-electron chi connectivity index (χ0n) is 14.3. The van der Waals surface area contributed by atoms with E-state index < -0.39 is 0 Å². The number of aryl methyl sites for hydroxylation is 2. The first-order valence-corrected chi connectivity index (χ1v) is 8.63. The van der Waals surface area contributed by atoms with Crippen LogP contribution in [0.25, 0.3) is 0 Å². The third-order valence-electron chi connectivity index (χ3n) is 3.21. The van der Waals surface area contributed by atoms with E-state index in [-0.39, 0.29) is 11.9 Å². The quantitative estimate of drug-likeness (QED) is 0.825. The van der Waals surface area contributed by atoms with Crippen LogP contribution in [-0.2, 0) is 10.5 Å². The lowest BCUT2D eigenvalue weighted by Crippen LogP contribution is -2.17. The molecule has 7 nitrogen and oxygen atoms in total. The Labute approximate surface area is 146 Å². The van der Waals surface area contributed by atoms with Crippen molar-refractivity contribution in [2.45, 2.75) is 19.6 Å². The van der Waals surface area contributed by atoms with Crippen molar-refractivity contribution in [1.82, 2.24) is 15.0 Å². The monoisotopic (exact) mass is 346 g/mol. The Morgan fingerprint density at radius 1 is 1.25 bits per heavy atom. The summed E-state index contributed by atoms with van der Waals surface area (Å²) in [6.07, 6.45) is 0. The Morgan fingerprint density at radius 2 is 2.00 bits per heavy atom. The Morgan fingerprint density at radius 3 is 2.67 bits per heavy atom. The Bertz CT molecular complexity index is 735. The lowest BCUT2D eigenvalue weighted by Gasteiger charge is -2.11. The van der Waals surface area contributed by atoms with Gasteiger partial charge in [0.15, 0.2) is 0 Å². The molecule has 0 aliphatic heterocycles. The van der Waals surface area contributed by atoms with Crippen LogP contribution in [0.15, 0.2) is 18.2 Å². The zero-order valence-corrected chi connectivity index (χ0v) is 15.1. The fraction of sp³-hybridized carbons (Fsp3) is 0.375. The lowest BCUT2D eigenvalue weighted by atomic mass is 10.1. The molecule has 2 rings (SSSR count). The number of nitrogens with one attached hydrogen (secondary N) is 1. The average Bonchev–Trinajstić information content (AvgIpc) is 2.49. The molecule has 0 unspecified atom stereocenters. The van der Waals surface area contributed by atoms with Crippen LogP contribution in [-0.4, -0.2) is 40.7 Å². The summed E-state index contributed by atoms with van der Waals surface area (Å²) in [6.45, 7) is 4.00. The highest BCUT2D eigenvalue weighted by molar-refractivity contribution is 7.99. The molecule has 0 saturated heterocycles. The Hall–Kier alpha value is -2.35. The number of anilines is 3. The van der Waals surface area contributed by atoms with Crippen molar-refractivity contribution in [3.63, 3.8) is 0 Å². The topological polar surface area (TPSA) is 97.0 Å². The minimum absolute atomic E-state index is 0.0539. The predicted octanol–water partition coefficient (Wildman–Crippen LogP) is 2.01. The van der Waals surface area contributed by atoms with Gasteiger partial charge in [-0.2, -0.15) is 15.0 Å². The van der Waals surface area contributed by atoms with Gasteiger partial charge in [-0.15, -0.1) is 11.8 Å². The molecule has 8 heteroatoms. The van der Waals surface area contributed by atoms with Crippen LogP contribution >= 0.6 is 11.8 Å². The standard InChI is InChI=1S/C16H22N6OS/c1-10-5-6-12(11(2)7-10)18-14(23)9-24-8-13-19-15(17)21-16(20-13)22(3)4/h5-7H,8-9H2,1-4H3,(H,18,23)(H2,17,19,20,21). The summed E-state index contributed by atoms with van der Waals surface area (Å²) in [7, 11) is 3.67. The summed E-state index contributed by atoms with van der Waals surface area (Å²) in [5, 5.41) is 2.92. The number of hydrogen-bond donors (Lipinski definition) is 2. The molecule has 0 bridgehead atoms. The van der Waals surface area contributed by atoms with Crippen molar-refractivity contribution in [2.24, 2.45) is 0 Å². The van der Waals surface area contributed by atoms with Crippen molar-refractivity contribution in [3.05, 3.63) is 35.2 Å². The molecule has 0 saturated carbocycles. The van der Waals surface area contributed by atoms with Crippen LogP contribution in [0.1, 0.15) is 17.0 Å². The minimum atomic E-state index is -0.0539. The molecule has 128 valence electrons. The van der Waals surface area contributed by atoms with Crippen LogP contribution < -0.4 is 16.0 Å². The van der Waals surface area contributed by atoms with Crippen molar-refractivity contribution in [2.75, 3.05) is 35.8 Å². The number of nitrogen functional groups attached to an aromatic ring is 1. The van der Waals surface area contributed by atoms with E-state index in [1.165, 1.54) is 17.3 Å². The van der Waals surface area contributed by atoms with Gasteiger partial charge in [-0.05, 0) is 25.5 Å². The number of carbonyl (C=O) groups excluding carboxylic acids is 1. The molecule has 0 fully saturated rings. The normalized spacial score (nSPS) is 10.5. The molecular weight excluding hydrogens is 324 g/mol. The van der Waals surface area contributed by atoms with E-state index in [0.717, 1.165) is 11.3 Å². The highest BCUT2D eigenvalue weighted by Crippen LogP contribution is 2.17. The van der Waals surface area contributed by atoms with Crippen LogP contribution in [0.4, 0.5) is 17.6 Å². The van der Waals surface area contributed by atoms with Gasteiger partial charge in [0, 0.05) is 19.8 Å². The summed E-state index contributed by atoms with van der Waals surface area (Å²) in [5.74, 6) is 2.02. The first kappa shape index (κ1) is 18.0. The Balaban J connectivity index is 1.88. The summed E-state index contributed by atoms with van der Waals surface area (Å²) in [4.78, 5) is 26.3. The lowest BCUT2D eigenvalue weighted by molar-refractivity contribution is -0.113. The molecule has 1 aromatic carbocycles. The second-order valence-corrected chi connectivity index (χ2v) is 6.65. The molecule has 2 aromatic rings. The maximum Gasteiger partial charge on any atom is 0.234 e. The average molecular weight is 346 g/mol. The Kier molecular flexibility index (Phi) is 5.97. The van der Waals surface area contributed by atoms with E-state index in [9.17, 15) is 4.79 Å². The van der Waals surface area contributed by atoms with Gasteiger partial charge in [0.1, 0.15) is 5.82 Å². The first-order chi connectivity index (χ1) is 11.3. The van der Waals surface area contributed by atoms with Crippen molar-refractivity contribution >= 4 is 35.3 Å². The van der Waals surface area contributed by atoms with Gasteiger partial charge in [-0.3, -0.25) is 4.79 Å². The third-order valence-corrected chi connectivity index (χ3v) is 4.14. The third kappa shape index (κ3) is 5.09. The van der Waals surface area contributed by atoms with E-state index in [2.05, 4.69) is 20.3 Å². The number of rotatable bonds is 6. The number of amides is 1. The highest BCUT2D eigenvalue weighted by atomic mass is 32.2. The molecule has 0 radical (unpaired) electrons. The predicted molar refractivity (Wildman–Crippen MR) is 99.3 cm³/mol. The fourth-order valence-corrected chi connectivity index (χ4v) is 2.74. The second-order valence-electron chi connectivity index (χ2n) is 5.66. The van der Waals surface area contributed by atoms with E-state index in [0.29, 0.717) is 23.3 Å². The number of nitrogens with zero attached hydrogens (tertiary/aromatic N) is 4. The summed E-state index contributed by atoms with van der Waals surface area (Å²) in [6, 6.07) is 5.94. The zero-order chi connectivity index (χ0) is 17.7. The molecule has 1 heterocycles. The molecular formula is C16H22N6OS. The van der Waals surface area contributed by atoms with Gasteiger partial charge < -0.3 is 16.0 Å². The van der Waals surface area contributed by atoms with Gasteiger partial charge >= 0.3 is 0 Å². The van der Waals surface area contributed by atoms with Crippen LogP contribution in [0.3, 0.4) is 0 Å². The van der Waals surface area contributed by atoms with Gasteiger partial charge in [0.25, 0.3) is 0 Å². The number of nitrogens with two attached hydrogens (primary N) is 1. The minimum Gasteiger partial charge on any atom is -0.368 e. The van der Waals surface area contributed by atoms with Gasteiger partial charge in [0.2, 0.25) is 17.8 Å². The van der Waals surface area contributed by atoms with Crippen molar-refractivity contribution in [1.29, 1.82) is 0 Å². The number of hydrogen-bond acceptors (Lipinski definition) is 7. The van der Waals surface area contributed by atoms with Gasteiger partial charge in [-0.25, -0.2) is 0 Å². The molecule has 1 amide bonds. The highest BCUT2D eigenvalue weighted by Gasteiger charge is 2.09. The van der Waals surface area contributed by atoms with Gasteiger partial charge in [0.05, 0.1) is 11.5 Å². The number of carbonyl (C=O) groups is 1. The number of benzene rings is 1. The van der Waals surface area contributed by atoms with Crippen LogP contribution in [0.2, 0.25) is 0 Å². The number of aromatic nitrogens is 3. The first-order valence-electron chi connectivity index (χ1n) is 7.47. The summed E-state index contributed by atoms with van der Waals surface area (Å²) < 4.78 is 0. The molecule has 1 aromatic heterocycles. The van der Waals surface area contributed by atoms with E-state index in [1.54, 1.807) is 4.90 Å². The fourth-order valence-electron chi connectivity index (χ4n) is 2.06. The number of thioether (sulfide) groups is 1.